The van der Waals surface area contributed by atoms with E-state index in [9.17, 15) is 4.79 Å². The van der Waals surface area contributed by atoms with E-state index in [2.05, 4.69) is 10.3 Å². The van der Waals surface area contributed by atoms with E-state index in [0.29, 0.717) is 0 Å². The second kappa shape index (κ2) is 3.96. The van der Waals surface area contributed by atoms with Gasteiger partial charge in [-0.15, -0.1) is 0 Å². The van der Waals surface area contributed by atoms with Crippen LogP contribution in [0.25, 0.3) is 10.9 Å². The maximum Gasteiger partial charge on any atom is 0.169 e. The second-order valence-corrected chi connectivity index (χ2v) is 4.60. The van der Waals surface area contributed by atoms with Gasteiger partial charge in [0.2, 0.25) is 0 Å². The summed E-state index contributed by atoms with van der Waals surface area (Å²) in [7, 11) is 1.96. The molecule has 1 N–H and O–H groups in total. The number of Topliss-reactive ketones (excluding diaryl/α,β-unsaturated/α-hetero) is 1. The van der Waals surface area contributed by atoms with Gasteiger partial charge in [-0.3, -0.25) is 9.78 Å². The lowest BCUT2D eigenvalue weighted by Gasteiger charge is -2.05. The van der Waals surface area contributed by atoms with Crippen LogP contribution in [0, 0.1) is 5.92 Å². The SMILES string of the molecule is Cn1cc(C(=O)C2CCNC2)c2cnccc21. The topological polar surface area (TPSA) is 46.9 Å². The van der Waals surface area contributed by atoms with Gasteiger partial charge >= 0.3 is 0 Å². The van der Waals surface area contributed by atoms with Crippen LogP contribution in [0.2, 0.25) is 0 Å². The Morgan fingerprint density at radius 2 is 2.47 bits per heavy atom. The zero-order valence-corrected chi connectivity index (χ0v) is 9.81. The minimum absolute atomic E-state index is 0.126. The first kappa shape index (κ1) is 10.5. The van der Waals surface area contributed by atoms with Crippen molar-refractivity contribution in [2.24, 2.45) is 13.0 Å². The molecule has 0 radical (unpaired) electrons. The number of carbonyl (C=O) groups excluding carboxylic acids is 1. The van der Waals surface area contributed by atoms with Crippen molar-refractivity contribution in [2.75, 3.05) is 13.1 Å². The molecule has 1 unspecified atom stereocenters. The molecule has 2 aromatic rings. The van der Waals surface area contributed by atoms with Gasteiger partial charge in [-0.1, -0.05) is 0 Å². The summed E-state index contributed by atoms with van der Waals surface area (Å²) >= 11 is 0. The van der Waals surface area contributed by atoms with E-state index in [0.717, 1.165) is 36.0 Å². The van der Waals surface area contributed by atoms with E-state index < -0.39 is 0 Å². The molecule has 4 heteroatoms. The fourth-order valence-corrected chi connectivity index (χ4v) is 2.53. The van der Waals surface area contributed by atoms with Gasteiger partial charge in [0.25, 0.3) is 0 Å². The van der Waals surface area contributed by atoms with Gasteiger partial charge < -0.3 is 9.88 Å². The molecule has 17 heavy (non-hydrogen) atoms. The molecule has 4 nitrogen and oxygen atoms in total. The maximum atomic E-state index is 12.4. The van der Waals surface area contributed by atoms with E-state index in [4.69, 9.17) is 0 Å². The average molecular weight is 229 g/mol. The van der Waals surface area contributed by atoms with Crippen molar-refractivity contribution in [3.63, 3.8) is 0 Å². The summed E-state index contributed by atoms with van der Waals surface area (Å²) in [6.07, 6.45) is 6.40. The van der Waals surface area contributed by atoms with Crippen LogP contribution in [0.15, 0.2) is 24.7 Å². The van der Waals surface area contributed by atoms with Crippen LogP contribution in [0.3, 0.4) is 0 Å². The fraction of sp³-hybridized carbons (Fsp3) is 0.385. The highest BCUT2D eigenvalue weighted by Gasteiger charge is 2.25. The molecular weight excluding hydrogens is 214 g/mol. The van der Waals surface area contributed by atoms with Gasteiger partial charge in [-0.2, -0.15) is 0 Å². The molecule has 3 heterocycles. The molecule has 1 atom stereocenters. The van der Waals surface area contributed by atoms with E-state index in [1.54, 1.807) is 12.4 Å². The molecule has 1 aliphatic heterocycles. The summed E-state index contributed by atoms with van der Waals surface area (Å²) in [6.45, 7) is 1.74. The van der Waals surface area contributed by atoms with Crippen molar-refractivity contribution in [2.45, 2.75) is 6.42 Å². The van der Waals surface area contributed by atoms with Crippen molar-refractivity contribution >= 4 is 16.7 Å². The molecule has 0 amide bonds. The molecule has 0 saturated carbocycles. The molecule has 2 aromatic heterocycles. The molecule has 0 aliphatic carbocycles. The molecule has 0 bridgehead atoms. The maximum absolute atomic E-state index is 12.4. The van der Waals surface area contributed by atoms with Gasteiger partial charge in [0.05, 0.1) is 5.52 Å². The standard InChI is InChI=1S/C13H15N3O/c1-16-8-11(10-7-15-5-3-12(10)16)13(17)9-2-4-14-6-9/h3,5,7-9,14H,2,4,6H2,1H3. The highest BCUT2D eigenvalue weighted by Crippen LogP contribution is 2.24. The summed E-state index contributed by atoms with van der Waals surface area (Å²) in [5.74, 6) is 0.370. The number of nitrogens with zero attached hydrogens (tertiary/aromatic N) is 2. The van der Waals surface area contributed by atoms with Crippen LogP contribution < -0.4 is 5.32 Å². The largest absolute Gasteiger partial charge is 0.350 e. The Morgan fingerprint density at radius 1 is 1.59 bits per heavy atom. The Labute approximate surface area is 99.6 Å². The second-order valence-electron chi connectivity index (χ2n) is 4.60. The number of carbonyl (C=O) groups is 1. The Morgan fingerprint density at radius 3 is 3.24 bits per heavy atom. The average Bonchev–Trinajstić information content (AvgIpc) is 2.97. The molecule has 88 valence electrons. The Hall–Kier alpha value is -1.68. The zero-order chi connectivity index (χ0) is 11.8. The normalized spacial score (nSPS) is 19.9. The molecular formula is C13H15N3O. The molecule has 1 aliphatic rings. The molecule has 0 aromatic carbocycles. The van der Waals surface area contributed by atoms with Gasteiger partial charge in [0.1, 0.15) is 0 Å². The van der Waals surface area contributed by atoms with Crippen LogP contribution in [-0.4, -0.2) is 28.4 Å². The predicted molar refractivity (Wildman–Crippen MR) is 66.0 cm³/mol. The summed E-state index contributed by atoms with van der Waals surface area (Å²) in [4.78, 5) is 16.5. The summed E-state index contributed by atoms with van der Waals surface area (Å²) in [6, 6.07) is 1.94. The van der Waals surface area contributed by atoms with Crippen LogP contribution in [0.1, 0.15) is 16.8 Å². The van der Waals surface area contributed by atoms with Crippen molar-refractivity contribution in [1.82, 2.24) is 14.9 Å². The predicted octanol–water partition coefficient (Wildman–Crippen LogP) is 1.37. The van der Waals surface area contributed by atoms with Crippen molar-refractivity contribution in [1.29, 1.82) is 0 Å². The molecule has 0 spiro atoms. The first-order valence-corrected chi connectivity index (χ1v) is 5.91. The first-order chi connectivity index (χ1) is 8.27. The molecule has 1 fully saturated rings. The lowest BCUT2D eigenvalue weighted by Crippen LogP contribution is -2.17. The summed E-state index contributed by atoms with van der Waals surface area (Å²) in [5, 5.41) is 4.20. The third-order valence-corrected chi connectivity index (χ3v) is 3.49. The summed E-state index contributed by atoms with van der Waals surface area (Å²) < 4.78 is 1.99. The third-order valence-electron chi connectivity index (χ3n) is 3.49. The first-order valence-electron chi connectivity index (χ1n) is 5.91. The number of hydrogen-bond donors (Lipinski definition) is 1. The number of rotatable bonds is 2. The fourth-order valence-electron chi connectivity index (χ4n) is 2.53. The number of aromatic nitrogens is 2. The Bertz CT molecular complexity index is 567. The number of ketones is 1. The minimum Gasteiger partial charge on any atom is -0.350 e. The van der Waals surface area contributed by atoms with Crippen molar-refractivity contribution in [3.8, 4) is 0 Å². The van der Waals surface area contributed by atoms with Crippen LogP contribution in [0.5, 0.6) is 0 Å². The number of hydrogen-bond acceptors (Lipinski definition) is 3. The summed E-state index contributed by atoms with van der Waals surface area (Å²) in [5.41, 5.74) is 1.87. The lowest BCUT2D eigenvalue weighted by molar-refractivity contribution is 0.0932. The number of nitrogens with one attached hydrogen (secondary N) is 1. The quantitative estimate of drug-likeness (QED) is 0.791. The van der Waals surface area contributed by atoms with Gasteiger partial charge in [0.15, 0.2) is 5.78 Å². The van der Waals surface area contributed by atoms with E-state index >= 15 is 0 Å². The third kappa shape index (κ3) is 1.65. The van der Waals surface area contributed by atoms with Crippen LogP contribution >= 0.6 is 0 Å². The van der Waals surface area contributed by atoms with Gasteiger partial charge in [-0.25, -0.2) is 0 Å². The highest BCUT2D eigenvalue weighted by atomic mass is 16.1. The highest BCUT2D eigenvalue weighted by molar-refractivity contribution is 6.09. The molecule has 1 saturated heterocycles. The number of aryl methyl sites for hydroxylation is 1. The lowest BCUT2D eigenvalue weighted by atomic mass is 9.97. The van der Waals surface area contributed by atoms with Crippen LogP contribution in [0.4, 0.5) is 0 Å². The molecule has 3 rings (SSSR count). The van der Waals surface area contributed by atoms with Crippen LogP contribution in [-0.2, 0) is 7.05 Å². The van der Waals surface area contributed by atoms with E-state index in [1.165, 1.54) is 0 Å². The van der Waals surface area contributed by atoms with Gasteiger partial charge in [0, 0.05) is 49.1 Å². The van der Waals surface area contributed by atoms with E-state index in [-0.39, 0.29) is 11.7 Å². The zero-order valence-electron chi connectivity index (χ0n) is 9.81. The van der Waals surface area contributed by atoms with Gasteiger partial charge in [-0.05, 0) is 19.0 Å². The Kier molecular flexibility index (Phi) is 2.44. The monoisotopic (exact) mass is 229 g/mol. The number of fused-ring (bicyclic) bond motifs is 1. The Balaban J connectivity index is 2.08. The van der Waals surface area contributed by atoms with Crippen molar-refractivity contribution in [3.05, 3.63) is 30.2 Å². The smallest absolute Gasteiger partial charge is 0.169 e. The van der Waals surface area contributed by atoms with Crippen molar-refractivity contribution < 1.29 is 4.79 Å². The minimum atomic E-state index is 0.126. The van der Waals surface area contributed by atoms with E-state index in [1.807, 2.05) is 23.9 Å². The number of pyridine rings is 1.